The standard InChI is InChI=1S/C14H22Cl2N2O2S/c1-9(14(2,3)4)18(5)21(19,20)12-7-11(15)6-10(8-17)13(12)16/h6-7,9H,8,17H2,1-5H3. The highest BCUT2D eigenvalue weighted by Gasteiger charge is 2.34. The molecule has 7 heteroatoms. The Morgan fingerprint density at radius 1 is 1.29 bits per heavy atom. The quantitative estimate of drug-likeness (QED) is 0.901. The molecule has 1 atom stereocenters. The Morgan fingerprint density at radius 3 is 2.24 bits per heavy atom. The fourth-order valence-corrected chi connectivity index (χ4v) is 4.32. The summed E-state index contributed by atoms with van der Waals surface area (Å²) in [6, 6.07) is 2.74. The van der Waals surface area contributed by atoms with E-state index in [-0.39, 0.29) is 27.9 Å². The van der Waals surface area contributed by atoms with Gasteiger partial charge in [0.15, 0.2) is 0 Å². The molecule has 0 bridgehead atoms. The number of benzene rings is 1. The number of hydrogen-bond donors (Lipinski definition) is 1. The van der Waals surface area contributed by atoms with Crippen molar-refractivity contribution < 1.29 is 8.42 Å². The van der Waals surface area contributed by atoms with E-state index in [9.17, 15) is 8.42 Å². The Kier molecular flexibility index (Phi) is 5.73. The first kappa shape index (κ1) is 18.7. The van der Waals surface area contributed by atoms with Crippen molar-refractivity contribution in [2.24, 2.45) is 11.1 Å². The summed E-state index contributed by atoms with van der Waals surface area (Å²) in [4.78, 5) is -0.00397. The smallest absolute Gasteiger partial charge is 0.244 e. The van der Waals surface area contributed by atoms with Crippen molar-refractivity contribution in [1.29, 1.82) is 0 Å². The Balaban J connectivity index is 3.42. The van der Waals surface area contributed by atoms with E-state index in [2.05, 4.69) is 0 Å². The summed E-state index contributed by atoms with van der Waals surface area (Å²) < 4.78 is 26.9. The third-order valence-corrected chi connectivity index (χ3v) is 6.48. The molecule has 21 heavy (non-hydrogen) atoms. The van der Waals surface area contributed by atoms with Gasteiger partial charge in [-0.3, -0.25) is 0 Å². The molecule has 1 unspecified atom stereocenters. The van der Waals surface area contributed by atoms with Crippen molar-refractivity contribution >= 4 is 33.2 Å². The molecule has 0 saturated carbocycles. The molecule has 0 aliphatic heterocycles. The minimum Gasteiger partial charge on any atom is -0.326 e. The number of nitrogens with zero attached hydrogens (tertiary/aromatic N) is 1. The summed E-state index contributed by atoms with van der Waals surface area (Å²) in [6.07, 6.45) is 0. The van der Waals surface area contributed by atoms with Crippen LogP contribution in [0.2, 0.25) is 10.0 Å². The summed E-state index contributed by atoms with van der Waals surface area (Å²) in [5, 5.41) is 0.435. The minimum atomic E-state index is -3.75. The van der Waals surface area contributed by atoms with E-state index < -0.39 is 10.0 Å². The van der Waals surface area contributed by atoms with Crippen LogP contribution in [-0.2, 0) is 16.6 Å². The number of rotatable bonds is 4. The van der Waals surface area contributed by atoms with Gasteiger partial charge < -0.3 is 5.73 Å². The van der Waals surface area contributed by atoms with Gasteiger partial charge in [-0.25, -0.2) is 8.42 Å². The van der Waals surface area contributed by atoms with Crippen LogP contribution in [0.4, 0.5) is 0 Å². The molecule has 1 aromatic rings. The largest absolute Gasteiger partial charge is 0.326 e. The summed E-state index contributed by atoms with van der Waals surface area (Å²) in [6.45, 7) is 7.93. The molecule has 120 valence electrons. The first-order chi connectivity index (χ1) is 9.42. The van der Waals surface area contributed by atoms with Crippen LogP contribution in [0.5, 0.6) is 0 Å². The Hall–Kier alpha value is -0.330. The average molecular weight is 353 g/mol. The van der Waals surface area contributed by atoms with Crippen molar-refractivity contribution in [1.82, 2.24) is 4.31 Å². The highest BCUT2D eigenvalue weighted by Crippen LogP contribution is 2.34. The van der Waals surface area contributed by atoms with Crippen molar-refractivity contribution in [2.75, 3.05) is 7.05 Å². The van der Waals surface area contributed by atoms with Gasteiger partial charge in [0, 0.05) is 24.7 Å². The minimum absolute atomic E-state index is 0.00397. The molecule has 1 aromatic carbocycles. The lowest BCUT2D eigenvalue weighted by molar-refractivity contribution is 0.216. The number of nitrogens with two attached hydrogens (primary N) is 1. The van der Waals surface area contributed by atoms with Gasteiger partial charge in [-0.1, -0.05) is 44.0 Å². The van der Waals surface area contributed by atoms with Crippen LogP contribution >= 0.6 is 23.2 Å². The van der Waals surface area contributed by atoms with Crippen LogP contribution in [0, 0.1) is 5.41 Å². The normalized spacial score (nSPS) is 14.5. The molecule has 0 aromatic heterocycles. The molecular weight excluding hydrogens is 331 g/mol. The van der Waals surface area contributed by atoms with E-state index >= 15 is 0 Å². The fraction of sp³-hybridized carbons (Fsp3) is 0.571. The van der Waals surface area contributed by atoms with Crippen molar-refractivity contribution in [3.8, 4) is 0 Å². The van der Waals surface area contributed by atoms with Crippen LogP contribution in [0.25, 0.3) is 0 Å². The van der Waals surface area contributed by atoms with E-state index in [1.807, 2.05) is 27.7 Å². The van der Waals surface area contributed by atoms with Gasteiger partial charge in [-0.05, 0) is 30.0 Å². The van der Waals surface area contributed by atoms with Crippen molar-refractivity contribution in [2.45, 2.75) is 45.2 Å². The summed E-state index contributed by atoms with van der Waals surface area (Å²) in [5.41, 5.74) is 5.89. The molecular formula is C14H22Cl2N2O2S. The van der Waals surface area contributed by atoms with Crippen LogP contribution in [0.15, 0.2) is 17.0 Å². The Morgan fingerprint density at radius 2 is 1.81 bits per heavy atom. The lowest BCUT2D eigenvalue weighted by Crippen LogP contribution is -2.43. The molecule has 0 saturated heterocycles. The van der Waals surface area contributed by atoms with Gasteiger partial charge >= 0.3 is 0 Å². The summed E-state index contributed by atoms with van der Waals surface area (Å²) in [5.74, 6) is 0. The number of sulfonamides is 1. The van der Waals surface area contributed by atoms with Crippen LogP contribution in [-0.4, -0.2) is 25.8 Å². The predicted octanol–water partition coefficient (Wildman–Crippen LogP) is 3.51. The van der Waals surface area contributed by atoms with Crippen molar-refractivity contribution in [3.63, 3.8) is 0 Å². The zero-order valence-corrected chi connectivity index (χ0v) is 15.3. The SMILES string of the molecule is CC(N(C)S(=O)(=O)c1cc(Cl)cc(CN)c1Cl)C(C)(C)C. The second kappa shape index (κ2) is 6.42. The molecule has 1 rings (SSSR count). The van der Waals surface area contributed by atoms with E-state index in [1.54, 1.807) is 13.1 Å². The van der Waals surface area contributed by atoms with E-state index in [4.69, 9.17) is 28.9 Å². The molecule has 0 spiro atoms. The average Bonchev–Trinajstić information content (AvgIpc) is 2.37. The highest BCUT2D eigenvalue weighted by molar-refractivity contribution is 7.89. The highest BCUT2D eigenvalue weighted by atomic mass is 35.5. The topological polar surface area (TPSA) is 63.4 Å². The maximum absolute atomic E-state index is 12.8. The molecule has 0 fully saturated rings. The zero-order chi connectivity index (χ0) is 16.6. The van der Waals surface area contributed by atoms with E-state index in [1.165, 1.54) is 10.4 Å². The molecule has 0 heterocycles. The molecule has 4 nitrogen and oxygen atoms in total. The van der Waals surface area contributed by atoms with Gasteiger partial charge in [0.2, 0.25) is 10.0 Å². The number of halogens is 2. The lowest BCUT2D eigenvalue weighted by Gasteiger charge is -2.34. The first-order valence-corrected chi connectivity index (χ1v) is 8.78. The zero-order valence-electron chi connectivity index (χ0n) is 12.9. The summed E-state index contributed by atoms with van der Waals surface area (Å²) in [7, 11) is -2.20. The molecule has 0 aliphatic rings. The van der Waals surface area contributed by atoms with Gasteiger partial charge in [0.05, 0.1) is 5.02 Å². The Labute approximate surface area is 137 Å². The number of hydrogen-bond acceptors (Lipinski definition) is 3. The maximum atomic E-state index is 12.8. The second-order valence-corrected chi connectivity index (χ2v) is 8.92. The van der Waals surface area contributed by atoms with Gasteiger partial charge in [-0.15, -0.1) is 0 Å². The first-order valence-electron chi connectivity index (χ1n) is 6.59. The summed E-state index contributed by atoms with van der Waals surface area (Å²) >= 11 is 12.2. The molecule has 2 N–H and O–H groups in total. The Bertz CT molecular complexity index is 625. The van der Waals surface area contributed by atoms with Gasteiger partial charge in [-0.2, -0.15) is 4.31 Å². The van der Waals surface area contributed by atoms with Crippen LogP contribution < -0.4 is 5.73 Å². The van der Waals surface area contributed by atoms with Crippen LogP contribution in [0.1, 0.15) is 33.3 Å². The predicted molar refractivity (Wildman–Crippen MR) is 88.2 cm³/mol. The molecule has 0 radical (unpaired) electrons. The lowest BCUT2D eigenvalue weighted by atomic mass is 9.88. The third kappa shape index (κ3) is 3.90. The fourth-order valence-electron chi connectivity index (χ4n) is 1.86. The maximum Gasteiger partial charge on any atom is 0.244 e. The van der Waals surface area contributed by atoms with E-state index in [0.29, 0.717) is 10.6 Å². The third-order valence-electron chi connectivity index (χ3n) is 3.76. The molecule has 0 aliphatic carbocycles. The monoisotopic (exact) mass is 352 g/mol. The van der Waals surface area contributed by atoms with E-state index in [0.717, 1.165) is 0 Å². The van der Waals surface area contributed by atoms with Crippen molar-refractivity contribution in [3.05, 3.63) is 27.7 Å². The molecule has 0 amide bonds. The van der Waals surface area contributed by atoms with Gasteiger partial charge in [0.25, 0.3) is 0 Å². The van der Waals surface area contributed by atoms with Crippen LogP contribution in [0.3, 0.4) is 0 Å². The van der Waals surface area contributed by atoms with Gasteiger partial charge in [0.1, 0.15) is 4.90 Å². The second-order valence-electron chi connectivity index (χ2n) is 6.14.